The number of carbonyl (C=O) groups is 1. The topological polar surface area (TPSA) is 47.6 Å². The summed E-state index contributed by atoms with van der Waals surface area (Å²) in [6.07, 6.45) is 3.22. The van der Waals surface area contributed by atoms with Gasteiger partial charge < -0.3 is 14.8 Å². The number of carbonyl (C=O) groups excluding carboxylic acids is 1. The van der Waals surface area contributed by atoms with Gasteiger partial charge in [0.2, 0.25) is 5.91 Å². The van der Waals surface area contributed by atoms with Crippen molar-refractivity contribution in [2.45, 2.75) is 13.5 Å². The largest absolute Gasteiger partial charge is 0.493 e. The number of aryl methyl sites for hydroxylation is 1. The van der Waals surface area contributed by atoms with E-state index in [1.54, 1.807) is 13.2 Å². The molecule has 0 saturated carbocycles. The predicted octanol–water partition coefficient (Wildman–Crippen LogP) is 6.65. The van der Waals surface area contributed by atoms with E-state index in [0.29, 0.717) is 23.1 Å². The van der Waals surface area contributed by atoms with E-state index in [-0.39, 0.29) is 5.91 Å². The molecule has 3 rings (SSSR count). The molecule has 3 aromatic rings. The molecule has 0 bridgehead atoms. The van der Waals surface area contributed by atoms with Crippen LogP contribution in [0.1, 0.15) is 16.7 Å². The summed E-state index contributed by atoms with van der Waals surface area (Å²) in [5.74, 6) is 1.01. The van der Waals surface area contributed by atoms with Crippen LogP contribution < -0.4 is 14.8 Å². The van der Waals surface area contributed by atoms with Crippen molar-refractivity contribution >= 4 is 45.2 Å². The third-order valence-corrected chi connectivity index (χ3v) is 5.11. The second-order valence-corrected chi connectivity index (χ2v) is 7.96. The molecule has 0 aromatic heterocycles. The maximum atomic E-state index is 12.3. The average molecular weight is 487 g/mol. The number of rotatable bonds is 7. The molecule has 0 saturated heterocycles. The van der Waals surface area contributed by atoms with Crippen molar-refractivity contribution in [3.05, 3.63) is 92.9 Å². The molecule has 0 radical (unpaired) electrons. The van der Waals surface area contributed by atoms with E-state index < -0.39 is 0 Å². The first-order valence-corrected chi connectivity index (χ1v) is 10.4. The molecule has 6 heteroatoms. The second-order valence-electron chi connectivity index (χ2n) is 6.61. The van der Waals surface area contributed by atoms with Crippen LogP contribution in [-0.4, -0.2) is 13.0 Å². The summed E-state index contributed by atoms with van der Waals surface area (Å²) in [5, 5.41) is 3.56. The molecule has 0 aliphatic rings. The van der Waals surface area contributed by atoms with Crippen LogP contribution in [0.2, 0.25) is 5.02 Å². The molecule has 0 spiro atoms. The number of amides is 1. The normalized spacial score (nSPS) is 10.8. The highest BCUT2D eigenvalue weighted by Crippen LogP contribution is 2.29. The molecule has 0 heterocycles. The lowest BCUT2D eigenvalue weighted by Crippen LogP contribution is -2.08. The summed E-state index contributed by atoms with van der Waals surface area (Å²) in [6, 6.07) is 18.7. The van der Waals surface area contributed by atoms with Gasteiger partial charge in [-0.25, -0.2) is 0 Å². The molecule has 0 atom stereocenters. The van der Waals surface area contributed by atoms with Crippen LogP contribution in [0.15, 0.2) is 71.2 Å². The molecular weight excluding hydrogens is 466 g/mol. The molecule has 0 unspecified atom stereocenters. The first kappa shape index (κ1) is 21.9. The Hall–Kier alpha value is -2.76. The van der Waals surface area contributed by atoms with Crippen LogP contribution >= 0.6 is 27.5 Å². The smallest absolute Gasteiger partial charge is 0.248 e. The molecule has 0 fully saturated rings. The number of hydrogen-bond acceptors (Lipinski definition) is 3. The van der Waals surface area contributed by atoms with Gasteiger partial charge in [-0.15, -0.1) is 0 Å². The maximum Gasteiger partial charge on any atom is 0.248 e. The van der Waals surface area contributed by atoms with Crippen LogP contribution in [0, 0.1) is 6.92 Å². The van der Waals surface area contributed by atoms with E-state index in [0.717, 1.165) is 26.9 Å². The van der Waals surface area contributed by atoms with Gasteiger partial charge in [0, 0.05) is 21.3 Å². The van der Waals surface area contributed by atoms with E-state index in [2.05, 4.69) is 21.2 Å². The monoisotopic (exact) mass is 485 g/mol. The van der Waals surface area contributed by atoms with Gasteiger partial charge >= 0.3 is 0 Å². The van der Waals surface area contributed by atoms with Crippen LogP contribution in [0.3, 0.4) is 0 Å². The molecule has 1 amide bonds. The van der Waals surface area contributed by atoms with E-state index in [1.807, 2.05) is 67.6 Å². The van der Waals surface area contributed by atoms with Crippen LogP contribution in [0.4, 0.5) is 5.69 Å². The maximum absolute atomic E-state index is 12.3. The highest BCUT2D eigenvalue weighted by Gasteiger charge is 2.07. The number of halogens is 2. The number of methoxy groups -OCH3 is 1. The van der Waals surface area contributed by atoms with Gasteiger partial charge in [-0.05, 0) is 72.2 Å². The van der Waals surface area contributed by atoms with E-state index >= 15 is 0 Å². The van der Waals surface area contributed by atoms with Crippen molar-refractivity contribution < 1.29 is 14.3 Å². The number of nitrogens with one attached hydrogen (secondary N) is 1. The fourth-order valence-corrected chi connectivity index (χ4v) is 3.36. The third-order valence-electron chi connectivity index (χ3n) is 4.37. The van der Waals surface area contributed by atoms with E-state index in [9.17, 15) is 4.79 Å². The van der Waals surface area contributed by atoms with Crippen molar-refractivity contribution in [3.8, 4) is 11.5 Å². The lowest BCUT2D eigenvalue weighted by Gasteiger charge is -2.11. The van der Waals surface area contributed by atoms with Gasteiger partial charge in [0.05, 0.1) is 7.11 Å². The average Bonchev–Trinajstić information content (AvgIpc) is 2.74. The SMILES string of the molecule is COc1cc(/C=C/C(=O)Nc2ccc(Br)cc2C)ccc1OCc1ccc(Cl)cc1. The van der Waals surface area contributed by atoms with Gasteiger partial charge in [0.15, 0.2) is 11.5 Å². The van der Waals surface area contributed by atoms with Gasteiger partial charge in [0.25, 0.3) is 0 Å². The predicted molar refractivity (Wildman–Crippen MR) is 125 cm³/mol. The molecule has 154 valence electrons. The van der Waals surface area contributed by atoms with Gasteiger partial charge in [-0.3, -0.25) is 4.79 Å². The summed E-state index contributed by atoms with van der Waals surface area (Å²) in [7, 11) is 1.58. The highest BCUT2D eigenvalue weighted by molar-refractivity contribution is 9.10. The fraction of sp³-hybridized carbons (Fsp3) is 0.125. The summed E-state index contributed by atoms with van der Waals surface area (Å²) in [5.41, 5.74) is 3.59. The quantitative estimate of drug-likeness (QED) is 0.380. The molecule has 0 aliphatic heterocycles. The van der Waals surface area contributed by atoms with Gasteiger partial charge in [-0.2, -0.15) is 0 Å². The Balaban J connectivity index is 1.64. The number of hydrogen-bond donors (Lipinski definition) is 1. The fourth-order valence-electron chi connectivity index (χ4n) is 2.76. The zero-order chi connectivity index (χ0) is 21.5. The third kappa shape index (κ3) is 6.12. The van der Waals surface area contributed by atoms with Crippen molar-refractivity contribution in [3.63, 3.8) is 0 Å². The standard InChI is InChI=1S/C24H21BrClNO3/c1-16-13-19(25)7-10-21(16)27-24(28)12-6-17-5-11-22(23(14-17)29-2)30-15-18-3-8-20(26)9-4-18/h3-14H,15H2,1-2H3,(H,27,28)/b12-6+. The number of ether oxygens (including phenoxy) is 2. The van der Waals surface area contributed by atoms with Gasteiger partial charge in [-0.1, -0.05) is 45.7 Å². The Morgan fingerprint density at radius 1 is 1.07 bits per heavy atom. The summed E-state index contributed by atoms with van der Waals surface area (Å²) in [6.45, 7) is 2.34. The van der Waals surface area contributed by atoms with Crippen molar-refractivity contribution in [2.75, 3.05) is 12.4 Å². The number of anilines is 1. The molecular formula is C24H21BrClNO3. The lowest BCUT2D eigenvalue weighted by molar-refractivity contribution is -0.111. The Kier molecular flexibility index (Phi) is 7.55. The molecule has 30 heavy (non-hydrogen) atoms. The summed E-state index contributed by atoms with van der Waals surface area (Å²) in [4.78, 5) is 12.3. The molecule has 3 aromatic carbocycles. The van der Waals surface area contributed by atoms with Crippen LogP contribution in [0.5, 0.6) is 11.5 Å². The van der Waals surface area contributed by atoms with Crippen LogP contribution in [-0.2, 0) is 11.4 Å². The second kappa shape index (κ2) is 10.3. The number of benzene rings is 3. The minimum atomic E-state index is -0.206. The Morgan fingerprint density at radius 3 is 2.53 bits per heavy atom. The van der Waals surface area contributed by atoms with Crippen molar-refractivity contribution in [1.29, 1.82) is 0 Å². The Bertz CT molecular complexity index is 1060. The van der Waals surface area contributed by atoms with Crippen molar-refractivity contribution in [2.24, 2.45) is 0 Å². The van der Waals surface area contributed by atoms with Crippen molar-refractivity contribution in [1.82, 2.24) is 0 Å². The Morgan fingerprint density at radius 2 is 1.83 bits per heavy atom. The lowest BCUT2D eigenvalue weighted by atomic mass is 10.1. The first-order valence-electron chi connectivity index (χ1n) is 9.25. The first-order chi connectivity index (χ1) is 14.4. The van der Waals surface area contributed by atoms with Gasteiger partial charge in [0.1, 0.15) is 6.61 Å². The zero-order valence-electron chi connectivity index (χ0n) is 16.6. The van der Waals surface area contributed by atoms with E-state index in [1.165, 1.54) is 6.08 Å². The summed E-state index contributed by atoms with van der Waals surface area (Å²) < 4.78 is 12.3. The highest BCUT2D eigenvalue weighted by atomic mass is 79.9. The molecule has 4 nitrogen and oxygen atoms in total. The molecule has 1 N–H and O–H groups in total. The minimum absolute atomic E-state index is 0.206. The molecule has 0 aliphatic carbocycles. The Labute approximate surface area is 189 Å². The minimum Gasteiger partial charge on any atom is -0.493 e. The van der Waals surface area contributed by atoms with E-state index in [4.69, 9.17) is 21.1 Å². The zero-order valence-corrected chi connectivity index (χ0v) is 19.0. The van der Waals surface area contributed by atoms with Crippen LogP contribution in [0.25, 0.3) is 6.08 Å². The summed E-state index contributed by atoms with van der Waals surface area (Å²) >= 11 is 9.32.